The van der Waals surface area contributed by atoms with E-state index in [-0.39, 0.29) is 30.1 Å². The average molecular weight is 588 g/mol. The van der Waals surface area contributed by atoms with Gasteiger partial charge in [0.1, 0.15) is 5.01 Å². The zero-order valence-electron chi connectivity index (χ0n) is 21.4. The zero-order valence-corrected chi connectivity index (χ0v) is 22.2. The first-order valence-electron chi connectivity index (χ1n) is 12.4. The van der Waals surface area contributed by atoms with E-state index in [0.29, 0.717) is 23.7 Å². The molecule has 0 fully saturated rings. The van der Waals surface area contributed by atoms with Crippen molar-refractivity contribution in [3.63, 3.8) is 0 Å². The molecule has 15 heteroatoms. The number of carbonyl (C=O) groups excluding carboxylic acids is 2. The summed E-state index contributed by atoms with van der Waals surface area (Å²) < 4.78 is 41.1. The Hall–Kier alpha value is -4.66. The van der Waals surface area contributed by atoms with Crippen LogP contribution in [0, 0.1) is 0 Å². The van der Waals surface area contributed by atoms with E-state index >= 15 is 0 Å². The first-order chi connectivity index (χ1) is 19.6. The summed E-state index contributed by atoms with van der Waals surface area (Å²) in [5.74, 6) is -2.03. The number of nitrogens with one attached hydrogen (secondary N) is 2. The molecule has 0 atom stereocenters. The maximum atomic E-state index is 12.5. The number of rotatable bonds is 12. The molecule has 0 aliphatic carbocycles. The molecule has 1 aromatic carbocycles. The highest BCUT2D eigenvalue weighted by Gasteiger charge is 2.32. The molecule has 0 bridgehead atoms. The lowest BCUT2D eigenvalue weighted by Crippen LogP contribution is -2.18. The summed E-state index contributed by atoms with van der Waals surface area (Å²) in [7, 11) is 0. The summed E-state index contributed by atoms with van der Waals surface area (Å²) in [5.41, 5.74) is 1.59. The molecule has 0 saturated carbocycles. The Kier molecular flexibility index (Phi) is 9.73. The van der Waals surface area contributed by atoms with Crippen molar-refractivity contribution in [2.24, 2.45) is 0 Å². The van der Waals surface area contributed by atoms with Crippen molar-refractivity contribution in [3.05, 3.63) is 76.7 Å². The predicted molar refractivity (Wildman–Crippen MR) is 142 cm³/mol. The Morgan fingerprint density at radius 1 is 0.878 bits per heavy atom. The predicted octanol–water partition coefficient (Wildman–Crippen LogP) is 4.26. The van der Waals surface area contributed by atoms with Gasteiger partial charge < -0.3 is 20.5 Å². The van der Waals surface area contributed by atoms with Gasteiger partial charge in [-0.05, 0) is 61.2 Å². The molecule has 4 aromatic rings. The van der Waals surface area contributed by atoms with Crippen molar-refractivity contribution in [3.8, 4) is 11.5 Å². The van der Waals surface area contributed by atoms with Crippen molar-refractivity contribution < 1.29 is 32.6 Å². The van der Waals surface area contributed by atoms with E-state index in [4.69, 9.17) is 0 Å². The van der Waals surface area contributed by atoms with Crippen LogP contribution >= 0.6 is 11.3 Å². The SMILES string of the molecule is O=C(Cc1ccc(O)c(OC(F)(F)F)c1)Nc1ccc(CCCCc2nnc(NC(=O)Cc3ccccn3)s2)nn1. The number of aromatic nitrogens is 5. The van der Waals surface area contributed by atoms with Gasteiger partial charge in [-0.1, -0.05) is 23.5 Å². The van der Waals surface area contributed by atoms with E-state index in [2.05, 4.69) is 40.7 Å². The van der Waals surface area contributed by atoms with E-state index in [0.717, 1.165) is 35.7 Å². The van der Waals surface area contributed by atoms with E-state index in [1.54, 1.807) is 30.5 Å². The number of anilines is 2. The molecular formula is C26H24F3N7O4S. The van der Waals surface area contributed by atoms with Gasteiger partial charge in [-0.2, -0.15) is 5.10 Å². The third-order valence-electron chi connectivity index (χ3n) is 5.46. The number of hydrogen-bond donors (Lipinski definition) is 3. The van der Waals surface area contributed by atoms with Gasteiger partial charge in [0, 0.05) is 18.3 Å². The second-order valence-corrected chi connectivity index (χ2v) is 9.80. The number of nitrogens with zero attached hydrogens (tertiary/aromatic N) is 5. The number of phenols is 1. The lowest BCUT2D eigenvalue weighted by Gasteiger charge is -2.11. The fraction of sp³-hybridized carbons (Fsp3) is 0.269. The minimum absolute atomic E-state index is 0.152. The minimum Gasteiger partial charge on any atom is -0.504 e. The van der Waals surface area contributed by atoms with Crippen LogP contribution in [0.25, 0.3) is 0 Å². The molecule has 41 heavy (non-hydrogen) atoms. The van der Waals surface area contributed by atoms with Crippen molar-refractivity contribution in [1.29, 1.82) is 0 Å². The Labute approximate surface area is 235 Å². The van der Waals surface area contributed by atoms with Crippen LogP contribution in [0.3, 0.4) is 0 Å². The summed E-state index contributed by atoms with van der Waals surface area (Å²) in [6.45, 7) is 0. The number of benzene rings is 1. The first kappa shape index (κ1) is 29.3. The number of aryl methyl sites for hydroxylation is 2. The van der Waals surface area contributed by atoms with E-state index in [9.17, 15) is 27.9 Å². The molecule has 0 radical (unpaired) electrons. The molecule has 0 saturated heterocycles. The molecule has 3 aromatic heterocycles. The summed E-state index contributed by atoms with van der Waals surface area (Å²) >= 11 is 1.32. The first-order valence-corrected chi connectivity index (χ1v) is 13.2. The van der Waals surface area contributed by atoms with Crippen molar-refractivity contribution in [1.82, 2.24) is 25.4 Å². The highest BCUT2D eigenvalue weighted by molar-refractivity contribution is 7.15. The lowest BCUT2D eigenvalue weighted by atomic mass is 10.1. The molecule has 0 unspecified atom stereocenters. The number of halogens is 3. The summed E-state index contributed by atoms with van der Waals surface area (Å²) in [4.78, 5) is 28.6. The second-order valence-electron chi connectivity index (χ2n) is 8.74. The second kappa shape index (κ2) is 13.6. The standard InChI is InChI=1S/C26H24F3N7O4S/c27-26(28,29)40-20-13-16(8-10-19(20)37)14-22(38)31-21-11-9-17(33-34-21)5-1-2-7-24-35-36-25(41-24)32-23(39)15-18-6-3-4-12-30-18/h3-4,6,8-13,37H,1-2,5,7,14-15H2,(H,31,34,38)(H,32,36,39). The molecule has 0 aliphatic rings. The average Bonchev–Trinajstić information content (AvgIpc) is 3.36. The van der Waals surface area contributed by atoms with Crippen molar-refractivity contribution in [2.75, 3.05) is 10.6 Å². The number of phenolic OH excluding ortho intramolecular Hbond substituents is 1. The van der Waals surface area contributed by atoms with Crippen molar-refractivity contribution in [2.45, 2.75) is 44.9 Å². The molecule has 2 amide bonds. The number of unbranched alkanes of at least 4 members (excludes halogenated alkanes) is 1. The molecule has 3 N–H and O–H groups in total. The van der Waals surface area contributed by atoms with E-state index in [1.165, 1.54) is 17.4 Å². The molecule has 0 spiro atoms. The number of pyridine rings is 1. The lowest BCUT2D eigenvalue weighted by molar-refractivity contribution is -0.275. The van der Waals surface area contributed by atoms with Crippen LogP contribution in [0.4, 0.5) is 24.1 Å². The third-order valence-corrected chi connectivity index (χ3v) is 6.35. The number of alkyl halides is 3. The molecule has 3 heterocycles. The highest BCUT2D eigenvalue weighted by Crippen LogP contribution is 2.32. The minimum atomic E-state index is -4.97. The number of hydrogen-bond acceptors (Lipinski definition) is 10. The summed E-state index contributed by atoms with van der Waals surface area (Å²) in [6, 6.07) is 12.0. The fourth-order valence-electron chi connectivity index (χ4n) is 3.63. The van der Waals surface area contributed by atoms with E-state index in [1.807, 2.05) is 6.07 Å². The number of carbonyl (C=O) groups is 2. The van der Waals surface area contributed by atoms with Crippen LogP contribution in [-0.2, 0) is 35.3 Å². The monoisotopic (exact) mass is 587 g/mol. The Morgan fingerprint density at radius 2 is 1.68 bits per heavy atom. The normalized spacial score (nSPS) is 11.2. The van der Waals surface area contributed by atoms with Crippen LogP contribution < -0.4 is 15.4 Å². The molecule has 214 valence electrons. The van der Waals surface area contributed by atoms with Gasteiger partial charge in [-0.25, -0.2) is 0 Å². The Morgan fingerprint density at radius 3 is 2.41 bits per heavy atom. The third kappa shape index (κ3) is 9.79. The maximum absolute atomic E-state index is 12.5. The van der Waals surface area contributed by atoms with Crippen LogP contribution in [0.1, 0.15) is 34.8 Å². The molecule has 4 rings (SSSR count). The quantitative estimate of drug-likeness (QED) is 0.207. The van der Waals surface area contributed by atoms with Gasteiger partial charge in [0.05, 0.1) is 18.5 Å². The number of aromatic hydroxyl groups is 1. The van der Waals surface area contributed by atoms with Gasteiger partial charge in [-0.15, -0.1) is 28.5 Å². The van der Waals surface area contributed by atoms with Gasteiger partial charge in [0.15, 0.2) is 17.3 Å². The van der Waals surface area contributed by atoms with Gasteiger partial charge in [-0.3, -0.25) is 14.6 Å². The Balaban J connectivity index is 1.17. The summed E-state index contributed by atoms with van der Waals surface area (Å²) in [5, 5.41) is 32.2. The molecule has 0 aliphatic heterocycles. The maximum Gasteiger partial charge on any atom is 0.573 e. The highest BCUT2D eigenvalue weighted by atomic mass is 32.1. The molecule has 11 nitrogen and oxygen atoms in total. The number of amides is 2. The van der Waals surface area contributed by atoms with Gasteiger partial charge >= 0.3 is 6.36 Å². The van der Waals surface area contributed by atoms with Crippen LogP contribution in [0.15, 0.2) is 54.7 Å². The van der Waals surface area contributed by atoms with Gasteiger partial charge in [0.2, 0.25) is 16.9 Å². The zero-order chi connectivity index (χ0) is 29.2. The van der Waals surface area contributed by atoms with Crippen molar-refractivity contribution >= 4 is 34.1 Å². The number of ether oxygens (including phenoxy) is 1. The fourth-order valence-corrected chi connectivity index (χ4v) is 4.42. The molecular weight excluding hydrogens is 563 g/mol. The largest absolute Gasteiger partial charge is 0.573 e. The Bertz CT molecular complexity index is 1470. The topological polar surface area (TPSA) is 152 Å². The van der Waals surface area contributed by atoms with E-state index < -0.39 is 23.8 Å². The van der Waals surface area contributed by atoms with Crippen LogP contribution in [0.5, 0.6) is 11.5 Å². The smallest absolute Gasteiger partial charge is 0.504 e. The summed E-state index contributed by atoms with van der Waals surface area (Å²) in [6.07, 6.45) is -0.527. The van der Waals surface area contributed by atoms with Gasteiger partial charge in [0.25, 0.3) is 0 Å². The van der Waals surface area contributed by atoms with Crippen LogP contribution in [-0.4, -0.2) is 48.7 Å². The van der Waals surface area contributed by atoms with Crippen LogP contribution in [0.2, 0.25) is 0 Å².